The van der Waals surface area contributed by atoms with Gasteiger partial charge in [-0.2, -0.15) is 5.10 Å². The van der Waals surface area contributed by atoms with Crippen LogP contribution < -0.4 is 0 Å². The lowest BCUT2D eigenvalue weighted by atomic mass is 9.76. The molecule has 1 aromatic heterocycles. The summed E-state index contributed by atoms with van der Waals surface area (Å²) in [6.07, 6.45) is 3.77. The van der Waals surface area contributed by atoms with Crippen molar-refractivity contribution in [2.24, 2.45) is 11.8 Å². The number of fused-ring (bicyclic) bond motifs is 4. The summed E-state index contributed by atoms with van der Waals surface area (Å²) in [5, 5.41) is 7.08. The lowest BCUT2D eigenvalue weighted by Gasteiger charge is -2.52. The van der Waals surface area contributed by atoms with Gasteiger partial charge < -0.3 is 9.80 Å². The summed E-state index contributed by atoms with van der Waals surface area (Å²) < 4.78 is 13.1. The number of carbonyl (C=O) groups is 2. The molecule has 0 aliphatic carbocycles. The second-order valence-electron chi connectivity index (χ2n) is 8.25. The maximum Gasteiger partial charge on any atom is 0.271 e. The van der Waals surface area contributed by atoms with Crippen LogP contribution in [-0.2, 0) is 4.79 Å². The molecule has 1 N–H and O–H groups in total. The summed E-state index contributed by atoms with van der Waals surface area (Å²) in [7, 11) is 0. The molecule has 3 fully saturated rings. The van der Waals surface area contributed by atoms with Gasteiger partial charge in [0.15, 0.2) is 0 Å². The Hall–Kier alpha value is -2.70. The standard InChI is InChI=1S/C21H23FN4O2/c22-16-6-4-14(5-7-16)17-9-18(24-23-17)21(28)25-10-13-8-15(12-25)19-2-1-3-20(27)26(19)11-13/h4-7,9,13,15,19H,1-3,8,10-12H2,(H,23,24)/t13-,15-,19-/m1/s1. The van der Waals surface area contributed by atoms with Crippen molar-refractivity contribution in [3.8, 4) is 11.3 Å². The van der Waals surface area contributed by atoms with Gasteiger partial charge in [0.2, 0.25) is 5.91 Å². The molecule has 0 radical (unpaired) electrons. The second-order valence-corrected chi connectivity index (χ2v) is 8.25. The smallest absolute Gasteiger partial charge is 0.271 e. The molecular formula is C21H23FN4O2. The highest BCUT2D eigenvalue weighted by molar-refractivity contribution is 5.93. The molecule has 1 aromatic carbocycles. The van der Waals surface area contributed by atoms with E-state index in [0.717, 1.165) is 31.4 Å². The summed E-state index contributed by atoms with van der Waals surface area (Å²) in [5.41, 5.74) is 1.85. The molecule has 28 heavy (non-hydrogen) atoms. The number of rotatable bonds is 2. The van der Waals surface area contributed by atoms with E-state index in [9.17, 15) is 14.0 Å². The minimum Gasteiger partial charge on any atom is -0.339 e. The van der Waals surface area contributed by atoms with E-state index in [1.807, 2.05) is 4.90 Å². The van der Waals surface area contributed by atoms with Gasteiger partial charge in [0.1, 0.15) is 11.5 Å². The summed E-state index contributed by atoms with van der Waals surface area (Å²) >= 11 is 0. The molecular weight excluding hydrogens is 359 g/mol. The normalized spacial score (nSPS) is 26.9. The third kappa shape index (κ3) is 2.99. The van der Waals surface area contributed by atoms with Crippen LogP contribution in [0.2, 0.25) is 0 Å². The number of amides is 2. The van der Waals surface area contributed by atoms with E-state index in [1.54, 1.807) is 18.2 Å². The molecule has 2 bridgehead atoms. The largest absolute Gasteiger partial charge is 0.339 e. The third-order valence-electron chi connectivity index (χ3n) is 6.42. The van der Waals surface area contributed by atoms with Crippen LogP contribution in [0.25, 0.3) is 11.3 Å². The Morgan fingerprint density at radius 1 is 1.18 bits per heavy atom. The summed E-state index contributed by atoms with van der Waals surface area (Å²) in [6.45, 7) is 2.14. The molecule has 146 valence electrons. The van der Waals surface area contributed by atoms with Crippen molar-refractivity contribution >= 4 is 11.8 Å². The monoisotopic (exact) mass is 382 g/mol. The molecule has 0 unspecified atom stereocenters. The number of piperidine rings is 3. The van der Waals surface area contributed by atoms with Crippen molar-refractivity contribution in [2.45, 2.75) is 31.7 Å². The van der Waals surface area contributed by atoms with Gasteiger partial charge >= 0.3 is 0 Å². The highest BCUT2D eigenvalue weighted by atomic mass is 19.1. The molecule has 7 heteroatoms. The number of aromatic nitrogens is 2. The van der Waals surface area contributed by atoms with E-state index in [1.165, 1.54) is 12.1 Å². The van der Waals surface area contributed by atoms with Crippen molar-refractivity contribution in [3.05, 3.63) is 41.8 Å². The first-order valence-electron chi connectivity index (χ1n) is 9.98. The summed E-state index contributed by atoms with van der Waals surface area (Å²) in [4.78, 5) is 29.3. The molecule has 3 aliphatic heterocycles. The summed E-state index contributed by atoms with van der Waals surface area (Å²) in [6, 6.07) is 8.09. The quantitative estimate of drug-likeness (QED) is 0.868. The SMILES string of the molecule is O=C(c1cc(-c2ccc(F)cc2)n[nH]1)N1C[C@H]2C[C@H](C1)[C@H]1CCCC(=O)N1C2. The number of aromatic amines is 1. The van der Waals surface area contributed by atoms with Gasteiger partial charge in [-0.3, -0.25) is 14.7 Å². The average Bonchev–Trinajstić information content (AvgIpc) is 3.19. The molecule has 5 rings (SSSR count). The van der Waals surface area contributed by atoms with Crippen molar-refractivity contribution in [1.29, 1.82) is 0 Å². The van der Waals surface area contributed by atoms with Crippen LogP contribution in [0.4, 0.5) is 4.39 Å². The van der Waals surface area contributed by atoms with Gasteiger partial charge in [-0.15, -0.1) is 0 Å². The highest BCUT2D eigenvalue weighted by Crippen LogP contribution is 2.38. The Labute approximate surface area is 162 Å². The lowest BCUT2D eigenvalue weighted by Crippen LogP contribution is -2.61. The predicted octanol–water partition coefficient (Wildman–Crippen LogP) is 2.69. The van der Waals surface area contributed by atoms with E-state index < -0.39 is 0 Å². The maximum atomic E-state index is 13.1. The number of likely N-dealkylation sites (tertiary alicyclic amines) is 1. The van der Waals surface area contributed by atoms with E-state index in [4.69, 9.17) is 0 Å². The van der Waals surface area contributed by atoms with Crippen LogP contribution in [-0.4, -0.2) is 57.5 Å². The van der Waals surface area contributed by atoms with Crippen LogP contribution >= 0.6 is 0 Å². The number of hydrogen-bond acceptors (Lipinski definition) is 3. The molecule has 2 amide bonds. The first kappa shape index (κ1) is 17.4. The number of benzene rings is 1. The zero-order valence-electron chi connectivity index (χ0n) is 15.6. The molecule has 3 atom stereocenters. The van der Waals surface area contributed by atoms with Gasteiger partial charge in [-0.05, 0) is 61.4 Å². The third-order valence-corrected chi connectivity index (χ3v) is 6.42. The minimum atomic E-state index is -0.300. The van der Waals surface area contributed by atoms with Crippen molar-refractivity contribution in [1.82, 2.24) is 20.0 Å². The Morgan fingerprint density at radius 2 is 2.00 bits per heavy atom. The van der Waals surface area contributed by atoms with E-state index in [-0.39, 0.29) is 23.7 Å². The lowest BCUT2D eigenvalue weighted by molar-refractivity contribution is -0.144. The topological polar surface area (TPSA) is 69.3 Å². The number of nitrogens with one attached hydrogen (secondary N) is 1. The molecule has 4 heterocycles. The van der Waals surface area contributed by atoms with Gasteiger partial charge in [0.25, 0.3) is 5.91 Å². The van der Waals surface area contributed by atoms with Gasteiger partial charge in [-0.25, -0.2) is 4.39 Å². The molecule has 6 nitrogen and oxygen atoms in total. The minimum absolute atomic E-state index is 0.0499. The average molecular weight is 382 g/mol. The predicted molar refractivity (Wildman–Crippen MR) is 101 cm³/mol. The molecule has 3 aliphatic rings. The Bertz CT molecular complexity index is 909. The first-order chi connectivity index (χ1) is 13.6. The number of hydrogen-bond donors (Lipinski definition) is 1. The zero-order valence-corrected chi connectivity index (χ0v) is 15.6. The van der Waals surface area contributed by atoms with Gasteiger partial charge in [-0.1, -0.05) is 0 Å². The fraction of sp³-hybridized carbons (Fsp3) is 0.476. The Kier molecular flexibility index (Phi) is 4.18. The fourth-order valence-electron chi connectivity index (χ4n) is 5.15. The first-order valence-corrected chi connectivity index (χ1v) is 9.98. The van der Waals surface area contributed by atoms with E-state index >= 15 is 0 Å². The fourth-order valence-corrected chi connectivity index (χ4v) is 5.15. The summed E-state index contributed by atoms with van der Waals surface area (Å²) in [5.74, 6) is 0.640. The maximum absolute atomic E-state index is 13.1. The molecule has 2 aromatic rings. The van der Waals surface area contributed by atoms with Crippen molar-refractivity contribution < 1.29 is 14.0 Å². The number of nitrogens with zero attached hydrogens (tertiary/aromatic N) is 3. The zero-order chi connectivity index (χ0) is 19.3. The number of halogens is 1. The van der Waals surface area contributed by atoms with Crippen LogP contribution in [0.15, 0.2) is 30.3 Å². The van der Waals surface area contributed by atoms with Crippen LogP contribution in [0.3, 0.4) is 0 Å². The second kappa shape index (κ2) is 6.72. The van der Waals surface area contributed by atoms with Gasteiger partial charge in [0.05, 0.1) is 5.69 Å². The number of carbonyl (C=O) groups excluding carboxylic acids is 2. The Balaban J connectivity index is 1.33. The highest BCUT2D eigenvalue weighted by Gasteiger charge is 2.45. The van der Waals surface area contributed by atoms with Crippen LogP contribution in [0.5, 0.6) is 0 Å². The molecule has 0 spiro atoms. The van der Waals surface area contributed by atoms with Gasteiger partial charge in [0, 0.05) is 37.7 Å². The van der Waals surface area contributed by atoms with E-state index in [0.29, 0.717) is 42.7 Å². The van der Waals surface area contributed by atoms with Crippen LogP contribution in [0, 0.1) is 17.7 Å². The van der Waals surface area contributed by atoms with Crippen LogP contribution in [0.1, 0.15) is 36.2 Å². The van der Waals surface area contributed by atoms with Crippen molar-refractivity contribution in [3.63, 3.8) is 0 Å². The molecule has 0 saturated carbocycles. The Morgan fingerprint density at radius 3 is 2.82 bits per heavy atom. The number of H-pyrrole nitrogens is 1. The molecule has 3 saturated heterocycles. The van der Waals surface area contributed by atoms with Crippen molar-refractivity contribution in [2.75, 3.05) is 19.6 Å². The van der Waals surface area contributed by atoms with E-state index in [2.05, 4.69) is 15.1 Å².